The minimum absolute atomic E-state index is 1.33. The molecule has 0 spiro atoms. The number of hydrogen-bond acceptors (Lipinski definition) is 2. The molecule has 0 nitrogen and oxygen atoms in total. The van der Waals surface area contributed by atoms with Crippen LogP contribution in [-0.4, -0.2) is 18.4 Å². The van der Waals surface area contributed by atoms with E-state index in [-0.39, 0.29) is 0 Å². The van der Waals surface area contributed by atoms with Gasteiger partial charge in [-0.15, -0.1) is 0 Å². The summed E-state index contributed by atoms with van der Waals surface area (Å²) in [4.78, 5) is 0. The van der Waals surface area contributed by atoms with Crippen LogP contribution in [0.3, 0.4) is 0 Å². The predicted octanol–water partition coefficient (Wildman–Crippen LogP) is 4.97. The molecule has 0 bridgehead atoms. The SMILES string of the molecule is CCC[CH2][Sn]([CH2]CCC)([c]1cccs1)[c]1cccs1. The Morgan fingerprint density at radius 3 is 1.63 bits per heavy atom. The average molecular weight is 399 g/mol. The van der Waals surface area contributed by atoms with E-state index >= 15 is 0 Å². The first-order valence-electron chi connectivity index (χ1n) is 7.41. The van der Waals surface area contributed by atoms with Crippen molar-refractivity contribution in [2.75, 3.05) is 0 Å². The second-order valence-electron chi connectivity index (χ2n) is 5.24. The summed E-state index contributed by atoms with van der Waals surface area (Å²) in [6, 6.07) is 9.39. The number of rotatable bonds is 8. The Morgan fingerprint density at radius 1 is 0.842 bits per heavy atom. The van der Waals surface area contributed by atoms with Crippen molar-refractivity contribution in [3.05, 3.63) is 35.0 Å². The number of thiophene rings is 2. The summed E-state index contributed by atoms with van der Waals surface area (Å²) < 4.78 is 6.57. The quantitative estimate of drug-likeness (QED) is 0.550. The summed E-state index contributed by atoms with van der Waals surface area (Å²) in [6.45, 7) is 4.67. The van der Waals surface area contributed by atoms with E-state index in [1.54, 1.807) is 5.79 Å². The van der Waals surface area contributed by atoms with Crippen molar-refractivity contribution in [1.29, 1.82) is 0 Å². The van der Waals surface area contributed by atoms with E-state index in [1.807, 2.05) is 22.7 Å². The van der Waals surface area contributed by atoms with Gasteiger partial charge in [-0.2, -0.15) is 0 Å². The Hall–Kier alpha value is 0.199. The van der Waals surface area contributed by atoms with E-state index in [2.05, 4.69) is 48.9 Å². The van der Waals surface area contributed by atoms with Crippen molar-refractivity contribution in [2.24, 2.45) is 0 Å². The van der Waals surface area contributed by atoms with Crippen LogP contribution in [0, 0.1) is 0 Å². The maximum atomic E-state index is 2.44. The first-order chi connectivity index (χ1) is 9.33. The van der Waals surface area contributed by atoms with Crippen molar-refractivity contribution in [2.45, 2.75) is 48.4 Å². The summed E-state index contributed by atoms with van der Waals surface area (Å²) in [6.07, 6.45) is 5.49. The summed E-state index contributed by atoms with van der Waals surface area (Å²) in [7, 11) is 0. The van der Waals surface area contributed by atoms with Gasteiger partial charge in [-0.05, 0) is 0 Å². The van der Waals surface area contributed by atoms with Crippen molar-refractivity contribution in [3.8, 4) is 0 Å². The minimum atomic E-state index is -2.34. The fourth-order valence-electron chi connectivity index (χ4n) is 2.80. The Labute approximate surface area is 129 Å². The molecular formula is C16H24S2Sn. The zero-order valence-electron chi connectivity index (χ0n) is 12.0. The van der Waals surface area contributed by atoms with Gasteiger partial charge in [-0.3, -0.25) is 0 Å². The van der Waals surface area contributed by atoms with Gasteiger partial charge in [0.15, 0.2) is 0 Å². The molecule has 0 unspecified atom stereocenters. The molecule has 0 atom stereocenters. The maximum absolute atomic E-state index is 2.44. The first kappa shape index (κ1) is 15.6. The summed E-state index contributed by atoms with van der Waals surface area (Å²) in [5, 5.41) is 4.57. The van der Waals surface area contributed by atoms with Gasteiger partial charge in [0.1, 0.15) is 0 Å². The Morgan fingerprint density at radius 2 is 1.32 bits per heavy atom. The van der Waals surface area contributed by atoms with E-state index < -0.39 is 18.4 Å². The van der Waals surface area contributed by atoms with E-state index in [1.165, 1.54) is 34.6 Å². The standard InChI is InChI=1S/2C4H3S.2C4H9.Sn/c2*1-2-4-5-3-1;2*1-3-4-2;/h2*1-3H;2*1,3-4H2,2H3;. The Balaban J connectivity index is 2.38. The Kier molecular flexibility index (Phi) is 6.43. The molecule has 2 heterocycles. The molecule has 0 fully saturated rings. The molecule has 0 radical (unpaired) electrons. The van der Waals surface area contributed by atoms with Crippen LogP contribution in [0.1, 0.15) is 39.5 Å². The number of unbranched alkanes of at least 4 members (excludes halogenated alkanes) is 2. The fraction of sp³-hybridized carbons (Fsp3) is 0.500. The topological polar surface area (TPSA) is 0 Å². The molecule has 2 aromatic heterocycles. The summed E-state index contributed by atoms with van der Waals surface area (Å²) in [5.41, 5.74) is 0. The molecule has 2 aromatic rings. The van der Waals surface area contributed by atoms with Gasteiger partial charge in [0.05, 0.1) is 0 Å². The predicted molar refractivity (Wildman–Crippen MR) is 93.1 cm³/mol. The van der Waals surface area contributed by atoms with Gasteiger partial charge in [0.25, 0.3) is 0 Å². The molecular weight excluding hydrogens is 375 g/mol. The van der Waals surface area contributed by atoms with Crippen molar-refractivity contribution < 1.29 is 0 Å². The van der Waals surface area contributed by atoms with Crippen molar-refractivity contribution in [3.63, 3.8) is 0 Å². The molecule has 104 valence electrons. The third-order valence-corrected chi connectivity index (χ3v) is 25.8. The van der Waals surface area contributed by atoms with Crippen molar-refractivity contribution in [1.82, 2.24) is 0 Å². The van der Waals surface area contributed by atoms with Crippen LogP contribution in [0.4, 0.5) is 0 Å². The van der Waals surface area contributed by atoms with Crippen molar-refractivity contribution >= 4 is 46.8 Å². The van der Waals surface area contributed by atoms with E-state index in [4.69, 9.17) is 0 Å². The van der Waals surface area contributed by atoms with Crippen LogP contribution in [0.2, 0.25) is 8.87 Å². The van der Waals surface area contributed by atoms with E-state index in [0.717, 1.165) is 0 Å². The van der Waals surface area contributed by atoms with Crippen LogP contribution in [0.25, 0.3) is 0 Å². The molecule has 2 rings (SSSR count). The molecule has 0 aromatic carbocycles. The average Bonchev–Trinajstić information content (AvgIpc) is 3.12. The van der Waals surface area contributed by atoms with Gasteiger partial charge in [0.2, 0.25) is 0 Å². The van der Waals surface area contributed by atoms with Gasteiger partial charge in [-0.1, -0.05) is 0 Å². The fourth-order valence-corrected chi connectivity index (χ4v) is 25.9. The van der Waals surface area contributed by atoms with Crippen LogP contribution in [-0.2, 0) is 0 Å². The van der Waals surface area contributed by atoms with Gasteiger partial charge >= 0.3 is 130 Å². The third kappa shape index (κ3) is 3.64. The molecule has 0 amide bonds. The molecule has 0 aliphatic heterocycles. The van der Waals surface area contributed by atoms with Gasteiger partial charge in [-0.25, -0.2) is 0 Å². The van der Waals surface area contributed by atoms with Crippen LogP contribution in [0.15, 0.2) is 35.0 Å². The zero-order valence-corrected chi connectivity index (χ0v) is 16.5. The van der Waals surface area contributed by atoms with E-state index in [0.29, 0.717) is 0 Å². The molecule has 0 saturated heterocycles. The Bertz CT molecular complexity index is 401. The summed E-state index contributed by atoms with van der Waals surface area (Å²) in [5.74, 6) is 0. The second-order valence-corrected chi connectivity index (χ2v) is 21.3. The first-order valence-corrected chi connectivity index (χ1v) is 16.1. The van der Waals surface area contributed by atoms with E-state index in [9.17, 15) is 0 Å². The molecule has 0 saturated carbocycles. The normalized spacial score (nSPS) is 11.9. The molecule has 0 aliphatic rings. The molecule has 0 aliphatic carbocycles. The second kappa shape index (κ2) is 7.84. The molecule has 3 heteroatoms. The monoisotopic (exact) mass is 400 g/mol. The third-order valence-electron chi connectivity index (χ3n) is 3.90. The molecule has 19 heavy (non-hydrogen) atoms. The molecule has 0 N–H and O–H groups in total. The van der Waals surface area contributed by atoms with Crippen LogP contribution < -0.4 is 5.79 Å². The van der Waals surface area contributed by atoms with Gasteiger partial charge in [0, 0.05) is 0 Å². The number of hydrogen-bond donors (Lipinski definition) is 0. The summed E-state index contributed by atoms with van der Waals surface area (Å²) >= 11 is 1.72. The van der Waals surface area contributed by atoms with Crippen LogP contribution >= 0.6 is 22.7 Å². The zero-order chi connectivity index (χ0) is 13.6. The van der Waals surface area contributed by atoms with Crippen LogP contribution in [0.5, 0.6) is 0 Å². The van der Waals surface area contributed by atoms with Gasteiger partial charge < -0.3 is 0 Å².